The van der Waals surface area contributed by atoms with Crippen molar-refractivity contribution in [2.24, 2.45) is 5.92 Å². The molecule has 2 aromatic carbocycles. The number of pyridine rings is 3. The zero-order valence-electron chi connectivity index (χ0n) is 28.7. The Labute approximate surface area is 289 Å². The Kier molecular flexibility index (Phi) is 11.2. The topological polar surface area (TPSA) is 51.8 Å². The third-order valence-corrected chi connectivity index (χ3v) is 10.7. The van der Waals surface area contributed by atoms with E-state index >= 15 is 0 Å². The van der Waals surface area contributed by atoms with Gasteiger partial charge in [0.15, 0.2) is 0 Å². The van der Waals surface area contributed by atoms with Crippen LogP contribution in [0, 0.1) is 31.9 Å². The van der Waals surface area contributed by atoms with Crippen molar-refractivity contribution < 1.29 is 24.5 Å². The maximum absolute atomic E-state index is 6.17. The van der Waals surface area contributed by atoms with Crippen LogP contribution in [0.25, 0.3) is 44.6 Å². The van der Waals surface area contributed by atoms with Crippen molar-refractivity contribution in [1.29, 1.82) is 0 Å². The zero-order chi connectivity index (χ0) is 32.5. The summed E-state index contributed by atoms with van der Waals surface area (Å²) in [6.45, 7) is 22.5. The molecule has 0 bridgehead atoms. The molecule has 0 saturated carbocycles. The van der Waals surface area contributed by atoms with Crippen LogP contribution in [0.1, 0.15) is 68.8 Å². The predicted octanol–water partition coefficient (Wildman–Crippen LogP) is 10.4. The van der Waals surface area contributed by atoms with Crippen LogP contribution in [0.5, 0.6) is 0 Å². The van der Waals surface area contributed by atoms with E-state index in [2.05, 4.69) is 125 Å². The van der Waals surface area contributed by atoms with Gasteiger partial charge in [0, 0.05) is 43.6 Å². The molecule has 46 heavy (non-hydrogen) atoms. The van der Waals surface area contributed by atoms with Crippen molar-refractivity contribution in [3.8, 4) is 22.5 Å². The van der Waals surface area contributed by atoms with Gasteiger partial charge in [0.05, 0.1) is 13.7 Å². The molecule has 4 heterocycles. The van der Waals surface area contributed by atoms with Gasteiger partial charge < -0.3 is 14.4 Å². The molecule has 0 aliphatic carbocycles. The Hall–Kier alpha value is -3.44. The van der Waals surface area contributed by atoms with Gasteiger partial charge in [-0.05, 0) is 59.5 Å². The third-order valence-electron chi connectivity index (χ3n) is 8.67. The summed E-state index contributed by atoms with van der Waals surface area (Å²) in [5.74, 6) is 1.58. The number of rotatable bonds is 6. The summed E-state index contributed by atoms with van der Waals surface area (Å²) in [7, 11) is -1.34. The van der Waals surface area contributed by atoms with Crippen LogP contribution in [0.2, 0.25) is 19.6 Å². The average molecular weight is 804 g/mol. The first-order chi connectivity index (χ1) is 21.3. The number of hydrogen-bond acceptors (Lipinski definition) is 4. The third kappa shape index (κ3) is 7.57. The van der Waals surface area contributed by atoms with Gasteiger partial charge in [0.1, 0.15) is 0 Å². The standard InChI is InChI=1S/C23H23N2O.C17H22NSi.Ir/c1-13(2)16(5)17-10-11-24-20(12-17)18-8-6-14(3)21-19-9-7-15(4)25-23(19)26-22(18)21;1-13(2)15-11-16(14-9-7-6-8-10-14)18-12-17(15)19(3,4)5;/h6-7,9-13,16H,1-5H3;6-9,11-13H,1-5H3;/q2*-1;. The van der Waals surface area contributed by atoms with Gasteiger partial charge in [-0.2, -0.15) is 0 Å². The molecule has 1 atom stereocenters. The Morgan fingerprint density at radius 2 is 1.61 bits per heavy atom. The fraction of sp³-hybridized carbons (Fsp3) is 0.325. The number of fused-ring (bicyclic) bond motifs is 3. The minimum Gasteiger partial charge on any atom is -0.486 e. The quantitative estimate of drug-likeness (QED) is 0.124. The van der Waals surface area contributed by atoms with Crippen molar-refractivity contribution in [2.45, 2.75) is 79.9 Å². The van der Waals surface area contributed by atoms with Crippen LogP contribution < -0.4 is 5.19 Å². The van der Waals surface area contributed by atoms with E-state index in [9.17, 15) is 0 Å². The van der Waals surface area contributed by atoms with E-state index in [0.29, 0.717) is 23.5 Å². The van der Waals surface area contributed by atoms with Gasteiger partial charge in [-0.15, -0.1) is 53.6 Å². The fourth-order valence-corrected chi connectivity index (χ4v) is 7.35. The molecule has 6 heteroatoms. The van der Waals surface area contributed by atoms with Crippen LogP contribution in [-0.4, -0.2) is 23.0 Å². The fourth-order valence-electron chi connectivity index (χ4n) is 5.67. The Morgan fingerprint density at radius 3 is 2.26 bits per heavy atom. The van der Waals surface area contributed by atoms with Crippen molar-refractivity contribution in [1.82, 2.24) is 15.0 Å². The first-order valence-corrected chi connectivity index (χ1v) is 19.5. The summed E-state index contributed by atoms with van der Waals surface area (Å²) in [4.78, 5) is 13.8. The summed E-state index contributed by atoms with van der Waals surface area (Å²) in [5, 5.41) is 3.62. The number of nitrogens with zero attached hydrogens (tertiary/aromatic N) is 3. The monoisotopic (exact) mass is 804 g/mol. The molecule has 6 aromatic rings. The van der Waals surface area contributed by atoms with Crippen LogP contribution in [0.15, 0.2) is 77.5 Å². The number of aryl methyl sites for hydroxylation is 2. The van der Waals surface area contributed by atoms with E-state index in [0.717, 1.165) is 50.1 Å². The first kappa shape index (κ1) is 35.4. The summed E-state index contributed by atoms with van der Waals surface area (Å²) >= 11 is 0. The van der Waals surface area contributed by atoms with Crippen LogP contribution in [0.4, 0.5) is 0 Å². The number of aromatic nitrogens is 3. The van der Waals surface area contributed by atoms with Crippen molar-refractivity contribution in [3.63, 3.8) is 0 Å². The maximum Gasteiger partial charge on any atom is 0.216 e. The molecule has 0 amide bonds. The molecule has 241 valence electrons. The van der Waals surface area contributed by atoms with E-state index in [1.807, 2.05) is 43.5 Å². The van der Waals surface area contributed by atoms with E-state index in [1.165, 1.54) is 16.3 Å². The molecular formula is C40H45IrN3OSi-2. The van der Waals surface area contributed by atoms with Gasteiger partial charge in [0.25, 0.3) is 0 Å². The largest absolute Gasteiger partial charge is 0.486 e. The molecule has 0 fully saturated rings. The number of benzene rings is 2. The second-order valence-electron chi connectivity index (χ2n) is 13.8. The van der Waals surface area contributed by atoms with Crippen LogP contribution >= 0.6 is 0 Å². The minimum absolute atomic E-state index is 0. The Morgan fingerprint density at radius 1 is 0.848 bits per heavy atom. The molecule has 0 N–H and O–H groups in total. The number of hydrogen-bond donors (Lipinski definition) is 0. The summed E-state index contributed by atoms with van der Waals surface area (Å²) < 4.78 is 6.17. The maximum atomic E-state index is 6.17. The smallest absolute Gasteiger partial charge is 0.216 e. The molecule has 4 aromatic heterocycles. The molecule has 1 radical (unpaired) electrons. The Balaban J connectivity index is 0.000000215. The molecule has 0 aliphatic rings. The summed E-state index contributed by atoms with van der Waals surface area (Å²) in [6, 6.07) is 27.3. The van der Waals surface area contributed by atoms with Gasteiger partial charge in [-0.3, -0.25) is 0 Å². The van der Waals surface area contributed by atoms with E-state index in [-0.39, 0.29) is 20.1 Å². The molecular weight excluding hydrogens is 759 g/mol. The molecule has 4 nitrogen and oxygen atoms in total. The average Bonchev–Trinajstić information content (AvgIpc) is 3.40. The van der Waals surface area contributed by atoms with Crippen LogP contribution in [0.3, 0.4) is 0 Å². The molecule has 6 rings (SSSR count). The Bertz CT molecular complexity index is 1940. The zero-order valence-corrected chi connectivity index (χ0v) is 32.1. The van der Waals surface area contributed by atoms with Crippen molar-refractivity contribution in [3.05, 3.63) is 108 Å². The minimum atomic E-state index is -1.34. The first-order valence-electron chi connectivity index (χ1n) is 16.0. The van der Waals surface area contributed by atoms with Crippen molar-refractivity contribution >= 4 is 35.3 Å². The molecule has 0 spiro atoms. The summed E-state index contributed by atoms with van der Waals surface area (Å²) in [5.41, 5.74) is 10.2. The van der Waals surface area contributed by atoms with E-state index in [1.54, 1.807) is 0 Å². The van der Waals surface area contributed by atoms with Gasteiger partial charge in [0.2, 0.25) is 5.71 Å². The van der Waals surface area contributed by atoms with Gasteiger partial charge in [-0.25, -0.2) is 4.98 Å². The second kappa shape index (κ2) is 14.5. The normalized spacial score (nSPS) is 12.3. The van der Waals surface area contributed by atoms with Gasteiger partial charge in [-0.1, -0.05) is 95.4 Å². The predicted molar refractivity (Wildman–Crippen MR) is 192 cm³/mol. The van der Waals surface area contributed by atoms with E-state index in [4.69, 9.17) is 4.42 Å². The van der Waals surface area contributed by atoms with Gasteiger partial charge >= 0.3 is 0 Å². The summed E-state index contributed by atoms with van der Waals surface area (Å²) in [6.07, 6.45) is 3.98. The van der Waals surface area contributed by atoms with Crippen molar-refractivity contribution in [2.75, 3.05) is 0 Å². The number of furan rings is 1. The SMILES string of the molecule is CC(C)c1cc(-c2[c-]cccc2)ncc1[Si](C)(C)C.Cc1ccc2c(n1)oc1c(-c3cc(C(C)C(C)C)ccn3)[c-]cc(C)c12.[Ir]. The molecule has 1 unspecified atom stereocenters. The second-order valence-corrected chi connectivity index (χ2v) is 18.8. The van der Waals surface area contributed by atoms with E-state index < -0.39 is 8.07 Å². The molecule has 0 saturated heterocycles. The van der Waals surface area contributed by atoms with Crippen LogP contribution in [-0.2, 0) is 20.1 Å². The molecule has 0 aliphatic heterocycles.